The smallest absolute Gasteiger partial charge is 0.119 e. The molecule has 2 nitrogen and oxygen atoms in total. The molecule has 0 aromatic heterocycles. The zero-order chi connectivity index (χ0) is 12.0. The lowest BCUT2D eigenvalue weighted by molar-refractivity contribution is 0.242. The molecular weight excluding hydrogens is 205 g/mol. The van der Waals surface area contributed by atoms with Gasteiger partial charge in [0.05, 0.1) is 12.4 Å². The summed E-state index contributed by atoms with van der Waals surface area (Å²) < 4.78 is 17.8. The van der Waals surface area contributed by atoms with Crippen molar-refractivity contribution in [3.8, 4) is 5.75 Å². The van der Waals surface area contributed by atoms with Crippen molar-refractivity contribution in [2.24, 2.45) is 5.73 Å². The lowest BCUT2D eigenvalue weighted by atomic mass is 10.1. The summed E-state index contributed by atoms with van der Waals surface area (Å²) in [5, 5.41) is 0. The molecule has 0 radical (unpaired) electrons. The maximum Gasteiger partial charge on any atom is 0.119 e. The van der Waals surface area contributed by atoms with Crippen molar-refractivity contribution in [3.63, 3.8) is 0 Å². The van der Waals surface area contributed by atoms with E-state index in [0.29, 0.717) is 18.3 Å². The second-order valence-electron chi connectivity index (χ2n) is 3.96. The van der Waals surface area contributed by atoms with Gasteiger partial charge in [0, 0.05) is 6.54 Å². The van der Waals surface area contributed by atoms with Crippen LogP contribution >= 0.6 is 0 Å². The van der Waals surface area contributed by atoms with Crippen LogP contribution in [-0.4, -0.2) is 12.6 Å². The topological polar surface area (TPSA) is 35.2 Å². The molecule has 1 aromatic rings. The first-order chi connectivity index (χ1) is 7.65. The maximum absolute atomic E-state index is 12.3. The van der Waals surface area contributed by atoms with Crippen molar-refractivity contribution in [1.29, 1.82) is 0 Å². The third-order valence-electron chi connectivity index (χ3n) is 2.14. The first-order valence-electron chi connectivity index (χ1n) is 5.39. The number of nitrogens with two attached hydrogens (primary N) is 1. The molecule has 3 heteroatoms. The predicted molar refractivity (Wildman–Crippen MR) is 64.2 cm³/mol. The zero-order valence-corrected chi connectivity index (χ0v) is 9.74. The van der Waals surface area contributed by atoms with Crippen LogP contribution in [0, 0.1) is 0 Å². The van der Waals surface area contributed by atoms with Crippen LogP contribution in [0.4, 0.5) is 4.39 Å². The predicted octanol–water partition coefficient (Wildman–Crippen LogP) is 2.83. The quantitative estimate of drug-likeness (QED) is 0.833. The number of rotatable bonds is 5. The van der Waals surface area contributed by atoms with E-state index in [9.17, 15) is 4.39 Å². The van der Waals surface area contributed by atoms with E-state index in [1.165, 1.54) is 0 Å². The second kappa shape index (κ2) is 6.28. The third-order valence-corrected chi connectivity index (χ3v) is 2.14. The van der Waals surface area contributed by atoms with E-state index in [0.717, 1.165) is 11.3 Å². The fourth-order valence-corrected chi connectivity index (χ4v) is 1.38. The van der Waals surface area contributed by atoms with Gasteiger partial charge in [-0.3, -0.25) is 0 Å². The molecule has 1 aromatic carbocycles. The Morgan fingerprint density at radius 3 is 2.44 bits per heavy atom. The average molecular weight is 223 g/mol. The Bertz CT molecular complexity index is 343. The Kier molecular flexibility index (Phi) is 4.99. The third kappa shape index (κ3) is 4.03. The van der Waals surface area contributed by atoms with Gasteiger partial charge in [-0.25, -0.2) is 4.39 Å². The monoisotopic (exact) mass is 223 g/mol. The minimum atomic E-state index is 0.163. The molecule has 88 valence electrons. The van der Waals surface area contributed by atoms with E-state index in [4.69, 9.17) is 10.5 Å². The first-order valence-corrected chi connectivity index (χ1v) is 5.39. The van der Waals surface area contributed by atoms with Gasteiger partial charge < -0.3 is 10.5 Å². The molecule has 0 aliphatic heterocycles. The van der Waals surface area contributed by atoms with Crippen LogP contribution < -0.4 is 10.5 Å². The summed E-state index contributed by atoms with van der Waals surface area (Å²) in [4.78, 5) is 0. The van der Waals surface area contributed by atoms with Gasteiger partial charge >= 0.3 is 0 Å². The van der Waals surface area contributed by atoms with Gasteiger partial charge in [0.15, 0.2) is 0 Å². The number of ether oxygens (including phenoxy) is 1. The van der Waals surface area contributed by atoms with Gasteiger partial charge in [-0.2, -0.15) is 0 Å². The molecular formula is C13H18FNO. The maximum atomic E-state index is 12.3. The molecule has 0 spiro atoms. The summed E-state index contributed by atoms with van der Waals surface area (Å²) in [6.07, 6.45) is 1.30. The van der Waals surface area contributed by atoms with Crippen LogP contribution in [0.25, 0.3) is 0 Å². The van der Waals surface area contributed by atoms with Crippen molar-refractivity contribution < 1.29 is 9.13 Å². The van der Waals surface area contributed by atoms with Crippen molar-refractivity contribution in [2.75, 3.05) is 6.54 Å². The molecule has 0 saturated heterocycles. The fraction of sp³-hybridized carbons (Fsp3) is 0.385. The van der Waals surface area contributed by atoms with Crippen LogP contribution in [0.5, 0.6) is 5.75 Å². The minimum Gasteiger partial charge on any atom is -0.491 e. The van der Waals surface area contributed by atoms with Gasteiger partial charge in [-0.1, -0.05) is 12.1 Å². The number of hydrogen-bond donors (Lipinski definition) is 1. The van der Waals surface area contributed by atoms with E-state index >= 15 is 0 Å². The average Bonchev–Trinajstić information content (AvgIpc) is 2.27. The molecule has 16 heavy (non-hydrogen) atoms. The van der Waals surface area contributed by atoms with E-state index in [1.54, 1.807) is 0 Å². The molecule has 0 atom stereocenters. The molecule has 0 saturated carbocycles. The summed E-state index contributed by atoms with van der Waals surface area (Å²) in [6.45, 7) is 4.21. The van der Waals surface area contributed by atoms with Crippen LogP contribution in [0.2, 0.25) is 0 Å². The van der Waals surface area contributed by atoms with Crippen LogP contribution in [-0.2, 0) is 6.42 Å². The highest BCUT2D eigenvalue weighted by Gasteiger charge is 2.00. The lowest BCUT2D eigenvalue weighted by Crippen LogP contribution is -2.06. The first kappa shape index (κ1) is 12.7. The number of halogens is 1. The number of hydrogen-bond acceptors (Lipinski definition) is 2. The van der Waals surface area contributed by atoms with Crippen LogP contribution in [0.3, 0.4) is 0 Å². The van der Waals surface area contributed by atoms with Crippen LogP contribution in [0.1, 0.15) is 19.4 Å². The molecule has 2 N–H and O–H groups in total. The summed E-state index contributed by atoms with van der Waals surface area (Å²) in [5.41, 5.74) is 7.02. The summed E-state index contributed by atoms with van der Waals surface area (Å²) in [7, 11) is 0. The molecule has 0 heterocycles. The van der Waals surface area contributed by atoms with Crippen molar-refractivity contribution in [1.82, 2.24) is 0 Å². The molecule has 0 fully saturated rings. The van der Waals surface area contributed by atoms with Gasteiger partial charge in [-0.15, -0.1) is 0 Å². The van der Waals surface area contributed by atoms with Crippen LogP contribution in [0.15, 0.2) is 36.2 Å². The fourth-order valence-electron chi connectivity index (χ4n) is 1.38. The normalized spacial score (nSPS) is 11.9. The molecule has 0 amide bonds. The highest BCUT2D eigenvalue weighted by Crippen LogP contribution is 2.15. The summed E-state index contributed by atoms with van der Waals surface area (Å²) in [5.74, 6) is 0.831. The number of benzene rings is 1. The molecule has 0 aliphatic carbocycles. The van der Waals surface area contributed by atoms with E-state index in [-0.39, 0.29) is 12.6 Å². The highest BCUT2D eigenvalue weighted by molar-refractivity contribution is 5.30. The second-order valence-corrected chi connectivity index (χ2v) is 3.96. The Morgan fingerprint density at radius 2 is 2.00 bits per heavy atom. The van der Waals surface area contributed by atoms with Gasteiger partial charge in [-0.05, 0) is 43.5 Å². The van der Waals surface area contributed by atoms with Crippen molar-refractivity contribution in [3.05, 3.63) is 41.7 Å². The summed E-state index contributed by atoms with van der Waals surface area (Å²) >= 11 is 0. The lowest BCUT2D eigenvalue weighted by Gasteiger charge is -2.10. The largest absolute Gasteiger partial charge is 0.491 e. The molecule has 0 bridgehead atoms. The molecule has 0 aliphatic rings. The Morgan fingerprint density at radius 1 is 1.38 bits per heavy atom. The highest BCUT2D eigenvalue weighted by atomic mass is 19.1. The Hall–Kier alpha value is -1.35. The minimum absolute atomic E-state index is 0.163. The molecule has 1 rings (SSSR count). The van der Waals surface area contributed by atoms with E-state index < -0.39 is 0 Å². The zero-order valence-electron chi connectivity index (χ0n) is 9.74. The SMILES string of the molecule is CC(C)Oc1ccc(C/C(=C\F)CN)cc1. The van der Waals surface area contributed by atoms with Gasteiger partial charge in [0.25, 0.3) is 0 Å². The van der Waals surface area contributed by atoms with E-state index in [1.807, 2.05) is 38.1 Å². The van der Waals surface area contributed by atoms with E-state index in [2.05, 4.69) is 0 Å². The standard InChI is InChI=1S/C13H18FNO/c1-10(2)16-13-5-3-11(4-6-13)7-12(8-14)9-15/h3-6,8,10H,7,9,15H2,1-2H3/b12-8+. The van der Waals surface area contributed by atoms with Gasteiger partial charge in [0.2, 0.25) is 0 Å². The molecule has 0 unspecified atom stereocenters. The Balaban J connectivity index is 2.64. The van der Waals surface area contributed by atoms with Crippen molar-refractivity contribution in [2.45, 2.75) is 26.4 Å². The van der Waals surface area contributed by atoms with Gasteiger partial charge in [0.1, 0.15) is 5.75 Å². The van der Waals surface area contributed by atoms with Crippen molar-refractivity contribution >= 4 is 0 Å². The summed E-state index contributed by atoms with van der Waals surface area (Å²) in [6, 6.07) is 7.64. The Labute approximate surface area is 95.9 Å².